The van der Waals surface area contributed by atoms with Gasteiger partial charge in [-0.05, 0) is 37.1 Å². The van der Waals surface area contributed by atoms with Gasteiger partial charge in [0.05, 0.1) is 18.7 Å². The lowest BCUT2D eigenvalue weighted by atomic mass is 9.96. The molecule has 0 aromatic heterocycles. The van der Waals surface area contributed by atoms with Crippen molar-refractivity contribution in [1.29, 1.82) is 0 Å². The molecule has 1 aliphatic rings. The quantitative estimate of drug-likeness (QED) is 0.875. The van der Waals surface area contributed by atoms with E-state index in [-0.39, 0.29) is 18.1 Å². The highest BCUT2D eigenvalue weighted by Crippen LogP contribution is 2.40. The topological polar surface area (TPSA) is 47.6 Å². The van der Waals surface area contributed by atoms with E-state index in [9.17, 15) is 4.79 Å². The third-order valence-electron chi connectivity index (χ3n) is 5.02. The molecular weight excluding hydrogens is 314 g/mol. The predicted octanol–water partition coefficient (Wildman–Crippen LogP) is 4.46. The summed E-state index contributed by atoms with van der Waals surface area (Å²) in [5.41, 5.74) is 2.78. The molecule has 4 nitrogen and oxygen atoms in total. The average molecular weight is 339 g/mol. The summed E-state index contributed by atoms with van der Waals surface area (Å²) in [5.74, 6) is 1.74. The highest BCUT2D eigenvalue weighted by Gasteiger charge is 2.31. The van der Waals surface area contributed by atoms with Crippen LogP contribution in [-0.4, -0.2) is 19.1 Å². The maximum atomic E-state index is 12.9. The minimum atomic E-state index is -0.0965. The van der Waals surface area contributed by atoms with Crippen LogP contribution in [0.5, 0.6) is 11.5 Å². The summed E-state index contributed by atoms with van der Waals surface area (Å²) in [7, 11) is 1.64. The zero-order valence-electron chi connectivity index (χ0n) is 15.2. The zero-order chi connectivity index (χ0) is 18.0. The van der Waals surface area contributed by atoms with Crippen LogP contribution in [0.25, 0.3) is 0 Å². The van der Waals surface area contributed by atoms with Crippen LogP contribution in [0, 0.1) is 0 Å². The third kappa shape index (κ3) is 3.34. The van der Waals surface area contributed by atoms with Crippen molar-refractivity contribution < 1.29 is 14.3 Å². The summed E-state index contributed by atoms with van der Waals surface area (Å²) in [6, 6.07) is 13.6. The molecular formula is C21H25NO3. The molecule has 3 rings (SSSR count). The largest absolute Gasteiger partial charge is 0.497 e. The molecule has 1 aliphatic heterocycles. The number of para-hydroxylation sites is 1. The number of nitrogens with one attached hydrogen (secondary N) is 1. The Hall–Kier alpha value is -2.49. The first kappa shape index (κ1) is 17.3. The monoisotopic (exact) mass is 339 g/mol. The zero-order valence-corrected chi connectivity index (χ0v) is 15.2. The van der Waals surface area contributed by atoms with E-state index in [1.807, 2.05) is 49.4 Å². The van der Waals surface area contributed by atoms with Crippen LogP contribution < -0.4 is 14.8 Å². The Labute approximate surface area is 149 Å². The Morgan fingerprint density at radius 2 is 1.92 bits per heavy atom. The van der Waals surface area contributed by atoms with Crippen molar-refractivity contribution in [2.45, 2.75) is 45.3 Å². The van der Waals surface area contributed by atoms with Crippen molar-refractivity contribution in [3.05, 3.63) is 59.2 Å². The third-order valence-corrected chi connectivity index (χ3v) is 5.02. The Morgan fingerprint density at radius 3 is 2.56 bits per heavy atom. The molecule has 1 N–H and O–H groups in total. The summed E-state index contributed by atoms with van der Waals surface area (Å²) < 4.78 is 11.1. The lowest BCUT2D eigenvalue weighted by molar-refractivity contribution is 0.0930. The molecule has 2 aromatic carbocycles. The molecule has 0 radical (unpaired) electrons. The molecule has 1 heterocycles. The second-order valence-electron chi connectivity index (χ2n) is 6.54. The average Bonchev–Trinajstić information content (AvgIpc) is 2.94. The summed E-state index contributed by atoms with van der Waals surface area (Å²) in [4.78, 5) is 12.9. The van der Waals surface area contributed by atoms with Crippen molar-refractivity contribution in [3.8, 4) is 11.5 Å². The molecule has 3 atom stereocenters. The van der Waals surface area contributed by atoms with Crippen molar-refractivity contribution in [2.24, 2.45) is 0 Å². The van der Waals surface area contributed by atoms with Gasteiger partial charge in [0.25, 0.3) is 5.91 Å². The fraction of sp³-hybridized carbons (Fsp3) is 0.381. The summed E-state index contributed by atoms with van der Waals surface area (Å²) in [5, 5.41) is 3.14. The van der Waals surface area contributed by atoms with Crippen LogP contribution >= 0.6 is 0 Å². The van der Waals surface area contributed by atoms with E-state index in [0.717, 1.165) is 29.0 Å². The Bertz CT molecular complexity index is 754. The summed E-state index contributed by atoms with van der Waals surface area (Å²) >= 11 is 0. The fourth-order valence-corrected chi connectivity index (χ4v) is 3.26. The highest BCUT2D eigenvalue weighted by atomic mass is 16.5. The van der Waals surface area contributed by atoms with Crippen molar-refractivity contribution in [1.82, 2.24) is 5.32 Å². The molecule has 0 aliphatic carbocycles. The number of hydrogen-bond acceptors (Lipinski definition) is 3. The molecule has 2 aromatic rings. The van der Waals surface area contributed by atoms with Gasteiger partial charge >= 0.3 is 0 Å². The number of ether oxygens (including phenoxy) is 2. The molecule has 25 heavy (non-hydrogen) atoms. The van der Waals surface area contributed by atoms with Crippen molar-refractivity contribution >= 4 is 5.91 Å². The van der Waals surface area contributed by atoms with E-state index in [0.29, 0.717) is 11.5 Å². The minimum Gasteiger partial charge on any atom is -0.497 e. The van der Waals surface area contributed by atoms with Gasteiger partial charge in [0.1, 0.15) is 17.6 Å². The SMILES string of the molecule is CC[C@H](NC(=O)c1cccc2c1O[C@H](C)[C@H]2C)c1ccc(OC)cc1. The van der Waals surface area contributed by atoms with Gasteiger partial charge in [-0.1, -0.05) is 38.1 Å². The number of fused-ring (bicyclic) bond motifs is 1. The second kappa shape index (κ2) is 7.18. The summed E-state index contributed by atoms with van der Waals surface area (Å²) in [6.07, 6.45) is 0.897. The van der Waals surface area contributed by atoms with Crippen molar-refractivity contribution in [2.75, 3.05) is 7.11 Å². The molecule has 4 heteroatoms. The lowest BCUT2D eigenvalue weighted by Gasteiger charge is -2.19. The highest BCUT2D eigenvalue weighted by molar-refractivity contribution is 5.97. The minimum absolute atomic E-state index is 0.0505. The predicted molar refractivity (Wildman–Crippen MR) is 98.4 cm³/mol. The number of amides is 1. The van der Waals surface area contributed by atoms with Crippen molar-refractivity contribution in [3.63, 3.8) is 0 Å². The van der Waals surface area contributed by atoms with Gasteiger partial charge in [0.15, 0.2) is 0 Å². The Morgan fingerprint density at radius 1 is 1.20 bits per heavy atom. The molecule has 1 amide bonds. The molecule has 0 unspecified atom stereocenters. The Balaban J connectivity index is 1.82. The number of carbonyl (C=O) groups excluding carboxylic acids is 1. The van der Waals surface area contributed by atoms with Gasteiger partial charge < -0.3 is 14.8 Å². The van der Waals surface area contributed by atoms with E-state index in [1.54, 1.807) is 7.11 Å². The van der Waals surface area contributed by atoms with Gasteiger partial charge in [0, 0.05) is 11.5 Å². The molecule has 0 bridgehead atoms. The van der Waals surface area contributed by atoms with Crippen LogP contribution in [-0.2, 0) is 0 Å². The number of rotatable bonds is 5. The Kier molecular flexibility index (Phi) is 4.98. The lowest BCUT2D eigenvalue weighted by Crippen LogP contribution is -2.28. The standard InChI is InChI=1S/C21H25NO3/c1-5-19(15-9-11-16(24-4)12-10-15)22-21(23)18-8-6-7-17-13(2)14(3)25-20(17)18/h6-14,19H,5H2,1-4H3,(H,22,23)/t13-,14-,19+/m1/s1. The van der Waals surface area contributed by atoms with E-state index >= 15 is 0 Å². The first-order chi connectivity index (χ1) is 12.0. The number of carbonyl (C=O) groups is 1. The van der Waals surface area contributed by atoms with Gasteiger partial charge in [-0.2, -0.15) is 0 Å². The van der Waals surface area contributed by atoms with E-state index in [4.69, 9.17) is 9.47 Å². The summed E-state index contributed by atoms with van der Waals surface area (Å²) in [6.45, 7) is 6.23. The fourth-order valence-electron chi connectivity index (χ4n) is 3.26. The number of benzene rings is 2. The first-order valence-corrected chi connectivity index (χ1v) is 8.79. The first-order valence-electron chi connectivity index (χ1n) is 8.79. The van der Waals surface area contributed by atoms with Gasteiger partial charge in [-0.25, -0.2) is 0 Å². The van der Waals surface area contributed by atoms with Gasteiger partial charge in [-0.3, -0.25) is 4.79 Å². The maximum absolute atomic E-state index is 12.9. The van der Waals surface area contributed by atoms with Gasteiger partial charge in [0.2, 0.25) is 0 Å². The van der Waals surface area contributed by atoms with E-state index in [2.05, 4.69) is 19.2 Å². The van der Waals surface area contributed by atoms with Gasteiger partial charge in [-0.15, -0.1) is 0 Å². The molecule has 132 valence electrons. The van der Waals surface area contributed by atoms with Crippen LogP contribution in [0.4, 0.5) is 0 Å². The normalized spacial score (nSPS) is 19.7. The number of methoxy groups -OCH3 is 1. The smallest absolute Gasteiger partial charge is 0.255 e. The second-order valence-corrected chi connectivity index (χ2v) is 6.54. The van der Waals surface area contributed by atoms with E-state index < -0.39 is 0 Å². The van der Waals surface area contributed by atoms with Crippen LogP contribution in [0.15, 0.2) is 42.5 Å². The van der Waals surface area contributed by atoms with Crippen LogP contribution in [0.1, 0.15) is 60.6 Å². The molecule has 0 saturated carbocycles. The molecule has 0 spiro atoms. The van der Waals surface area contributed by atoms with E-state index in [1.165, 1.54) is 0 Å². The maximum Gasteiger partial charge on any atom is 0.255 e. The van der Waals surface area contributed by atoms with Crippen LogP contribution in [0.3, 0.4) is 0 Å². The molecule has 0 fully saturated rings. The number of hydrogen-bond donors (Lipinski definition) is 1. The van der Waals surface area contributed by atoms with Crippen LogP contribution in [0.2, 0.25) is 0 Å². The molecule has 0 saturated heterocycles.